The topological polar surface area (TPSA) is 86.9 Å². The molecule has 1 fully saturated rings. The summed E-state index contributed by atoms with van der Waals surface area (Å²) in [4.78, 5) is 27.2. The summed E-state index contributed by atoms with van der Waals surface area (Å²) in [6.07, 6.45) is 10.8. The van der Waals surface area contributed by atoms with Gasteiger partial charge in [0.05, 0.1) is 29.9 Å². The van der Waals surface area contributed by atoms with Crippen LogP contribution < -0.4 is 10.1 Å². The third-order valence-electron chi connectivity index (χ3n) is 6.80. The SMILES string of the molecule is Cc1c(-n2cnc(C3CC3)c2)cc(C(=O)Nc2cccc(-c3nccn3C(C)C)n2)c2c1CCO2. The average molecular weight is 469 g/mol. The summed E-state index contributed by atoms with van der Waals surface area (Å²) in [6.45, 7) is 6.85. The number of amides is 1. The van der Waals surface area contributed by atoms with Gasteiger partial charge in [0, 0.05) is 42.5 Å². The van der Waals surface area contributed by atoms with E-state index in [0.717, 1.165) is 34.8 Å². The molecule has 0 atom stereocenters. The van der Waals surface area contributed by atoms with Crippen LogP contribution in [-0.4, -0.2) is 36.6 Å². The van der Waals surface area contributed by atoms with Gasteiger partial charge in [-0.2, -0.15) is 0 Å². The Balaban J connectivity index is 1.34. The van der Waals surface area contributed by atoms with Gasteiger partial charge in [0.15, 0.2) is 5.82 Å². The van der Waals surface area contributed by atoms with Gasteiger partial charge in [-0.15, -0.1) is 0 Å². The molecule has 8 heteroatoms. The van der Waals surface area contributed by atoms with Crippen molar-refractivity contribution in [2.45, 2.75) is 52.0 Å². The first-order chi connectivity index (χ1) is 17.0. The van der Waals surface area contributed by atoms with Crippen LogP contribution in [0.15, 0.2) is 49.2 Å². The largest absolute Gasteiger partial charge is 0.492 e. The number of anilines is 1. The highest BCUT2D eigenvalue weighted by atomic mass is 16.5. The maximum Gasteiger partial charge on any atom is 0.260 e. The van der Waals surface area contributed by atoms with Crippen molar-refractivity contribution in [1.29, 1.82) is 0 Å². The Labute approximate surface area is 204 Å². The maximum atomic E-state index is 13.5. The predicted molar refractivity (Wildman–Crippen MR) is 133 cm³/mol. The Morgan fingerprint density at radius 3 is 2.89 bits per heavy atom. The number of carbonyl (C=O) groups is 1. The molecule has 6 rings (SSSR count). The lowest BCUT2D eigenvalue weighted by Crippen LogP contribution is -2.15. The number of imidazole rings is 2. The Hall–Kier alpha value is -3.94. The number of hydrogen-bond acceptors (Lipinski definition) is 5. The van der Waals surface area contributed by atoms with Gasteiger partial charge in [-0.25, -0.2) is 15.0 Å². The molecule has 1 N–H and O–H groups in total. The zero-order chi connectivity index (χ0) is 24.1. The van der Waals surface area contributed by atoms with Crippen molar-refractivity contribution in [1.82, 2.24) is 24.1 Å². The fourth-order valence-electron chi connectivity index (χ4n) is 4.76. The molecule has 1 saturated carbocycles. The average Bonchev–Trinajstić information content (AvgIpc) is 3.25. The third-order valence-corrected chi connectivity index (χ3v) is 6.80. The number of aromatic nitrogens is 5. The Bertz CT molecular complexity index is 1430. The molecule has 1 aromatic carbocycles. The van der Waals surface area contributed by atoms with Crippen molar-refractivity contribution in [3.63, 3.8) is 0 Å². The second-order valence-electron chi connectivity index (χ2n) is 9.57. The van der Waals surface area contributed by atoms with Gasteiger partial charge in [-0.1, -0.05) is 6.07 Å². The molecule has 0 unspecified atom stereocenters. The van der Waals surface area contributed by atoms with Gasteiger partial charge in [0.25, 0.3) is 5.91 Å². The van der Waals surface area contributed by atoms with Crippen molar-refractivity contribution in [2.75, 3.05) is 11.9 Å². The van der Waals surface area contributed by atoms with Crippen molar-refractivity contribution >= 4 is 11.7 Å². The first-order valence-corrected chi connectivity index (χ1v) is 12.1. The Kier molecular flexibility index (Phi) is 5.16. The highest BCUT2D eigenvalue weighted by Gasteiger charge is 2.28. The zero-order valence-corrected chi connectivity index (χ0v) is 20.2. The van der Waals surface area contributed by atoms with E-state index in [-0.39, 0.29) is 11.9 Å². The van der Waals surface area contributed by atoms with E-state index in [9.17, 15) is 4.79 Å². The van der Waals surface area contributed by atoms with Crippen LogP contribution in [0.1, 0.15) is 65.8 Å². The lowest BCUT2D eigenvalue weighted by Gasteiger charge is -2.15. The van der Waals surface area contributed by atoms with Gasteiger partial charge in [-0.05, 0) is 57.4 Å². The van der Waals surface area contributed by atoms with E-state index in [1.54, 1.807) is 12.3 Å². The van der Waals surface area contributed by atoms with Gasteiger partial charge < -0.3 is 19.2 Å². The number of fused-ring (bicyclic) bond motifs is 1. The first-order valence-electron chi connectivity index (χ1n) is 12.1. The molecule has 1 amide bonds. The van der Waals surface area contributed by atoms with Crippen LogP contribution in [-0.2, 0) is 6.42 Å². The lowest BCUT2D eigenvalue weighted by molar-refractivity contribution is 0.102. The van der Waals surface area contributed by atoms with E-state index < -0.39 is 0 Å². The van der Waals surface area contributed by atoms with Crippen molar-refractivity contribution in [3.8, 4) is 23.0 Å². The van der Waals surface area contributed by atoms with Crippen LogP contribution in [0.25, 0.3) is 17.2 Å². The molecule has 4 heterocycles. The molecule has 0 bridgehead atoms. The fourth-order valence-corrected chi connectivity index (χ4v) is 4.76. The van der Waals surface area contributed by atoms with E-state index in [2.05, 4.69) is 51.8 Å². The highest BCUT2D eigenvalue weighted by Crippen LogP contribution is 2.40. The number of rotatable bonds is 6. The van der Waals surface area contributed by atoms with E-state index in [1.165, 1.54) is 12.8 Å². The van der Waals surface area contributed by atoms with E-state index in [1.807, 2.05) is 35.3 Å². The molecular weight excluding hydrogens is 440 g/mol. The van der Waals surface area contributed by atoms with Crippen LogP contribution in [0, 0.1) is 6.92 Å². The van der Waals surface area contributed by atoms with Crippen LogP contribution in [0.2, 0.25) is 0 Å². The summed E-state index contributed by atoms with van der Waals surface area (Å²) in [7, 11) is 0. The Morgan fingerprint density at radius 2 is 2.09 bits per heavy atom. The molecule has 4 aromatic rings. The van der Waals surface area contributed by atoms with Crippen molar-refractivity contribution in [2.24, 2.45) is 0 Å². The third kappa shape index (κ3) is 3.88. The van der Waals surface area contributed by atoms with Crippen LogP contribution >= 0.6 is 0 Å². The fraction of sp³-hybridized carbons (Fsp3) is 0.333. The van der Waals surface area contributed by atoms with Crippen LogP contribution in [0.3, 0.4) is 0 Å². The van der Waals surface area contributed by atoms with Crippen molar-refractivity contribution < 1.29 is 9.53 Å². The number of nitrogens with zero attached hydrogens (tertiary/aromatic N) is 5. The number of hydrogen-bond donors (Lipinski definition) is 1. The first kappa shape index (κ1) is 21.6. The molecule has 1 aliphatic heterocycles. The minimum Gasteiger partial charge on any atom is -0.492 e. The summed E-state index contributed by atoms with van der Waals surface area (Å²) in [5.74, 6) is 2.23. The molecular formula is C27H28N6O2. The zero-order valence-electron chi connectivity index (χ0n) is 20.2. The minimum atomic E-state index is -0.246. The van der Waals surface area contributed by atoms with Crippen LogP contribution in [0.5, 0.6) is 5.75 Å². The number of ether oxygens (including phenoxy) is 1. The quantitative estimate of drug-likeness (QED) is 0.426. The normalized spacial score (nSPS) is 14.7. The summed E-state index contributed by atoms with van der Waals surface area (Å²) < 4.78 is 10.0. The highest BCUT2D eigenvalue weighted by molar-refractivity contribution is 6.07. The predicted octanol–water partition coefficient (Wildman–Crippen LogP) is 5.08. The summed E-state index contributed by atoms with van der Waals surface area (Å²) in [6, 6.07) is 7.73. The van der Waals surface area contributed by atoms with Crippen molar-refractivity contribution in [3.05, 3.63) is 71.6 Å². The molecule has 1 aliphatic carbocycles. The molecule has 8 nitrogen and oxygen atoms in total. The van der Waals surface area contributed by atoms with Gasteiger partial charge in [0.1, 0.15) is 17.3 Å². The van der Waals surface area contributed by atoms with E-state index in [4.69, 9.17) is 4.74 Å². The smallest absolute Gasteiger partial charge is 0.260 e. The summed E-state index contributed by atoms with van der Waals surface area (Å²) >= 11 is 0. The maximum absolute atomic E-state index is 13.5. The molecule has 3 aromatic heterocycles. The second-order valence-corrected chi connectivity index (χ2v) is 9.57. The molecule has 0 spiro atoms. The van der Waals surface area contributed by atoms with Gasteiger partial charge >= 0.3 is 0 Å². The molecule has 0 radical (unpaired) electrons. The van der Waals surface area contributed by atoms with E-state index in [0.29, 0.717) is 35.3 Å². The van der Waals surface area contributed by atoms with Crippen LogP contribution in [0.4, 0.5) is 5.82 Å². The lowest BCUT2D eigenvalue weighted by atomic mass is 9.99. The van der Waals surface area contributed by atoms with Gasteiger partial charge in [0.2, 0.25) is 0 Å². The molecule has 2 aliphatic rings. The number of carbonyl (C=O) groups excluding carboxylic acids is 1. The minimum absolute atomic E-state index is 0.246. The van der Waals surface area contributed by atoms with Gasteiger partial charge in [-0.3, -0.25) is 4.79 Å². The number of nitrogens with one attached hydrogen (secondary N) is 1. The number of benzene rings is 1. The Morgan fingerprint density at radius 1 is 1.23 bits per heavy atom. The number of pyridine rings is 1. The second kappa shape index (κ2) is 8.37. The standard InChI is InChI=1S/C27H28N6O2/c1-16(2)33-11-10-28-26(33)21-5-4-6-24(30-21)31-27(34)20-13-23(17(3)19-9-12-35-25(19)20)32-14-22(29-15-32)18-7-8-18/h4-6,10-11,13-16,18H,7-9,12H2,1-3H3,(H,30,31,34). The monoisotopic (exact) mass is 468 g/mol. The molecule has 178 valence electrons. The molecule has 0 saturated heterocycles. The summed E-state index contributed by atoms with van der Waals surface area (Å²) in [5, 5.41) is 2.98. The van der Waals surface area contributed by atoms with E-state index >= 15 is 0 Å². The molecule has 35 heavy (non-hydrogen) atoms. The summed E-state index contributed by atoms with van der Waals surface area (Å²) in [5.41, 5.74) is 5.49.